The molecule has 1 aliphatic rings. The Morgan fingerprint density at radius 3 is 3.22 bits per heavy atom. The quantitative estimate of drug-likeness (QED) is 0.880. The molecule has 23 heavy (non-hydrogen) atoms. The smallest absolute Gasteiger partial charge is 0.251 e. The van der Waals surface area contributed by atoms with Crippen LogP contribution >= 0.6 is 0 Å². The molecule has 1 atom stereocenters. The highest BCUT2D eigenvalue weighted by atomic mass is 16.5. The van der Waals surface area contributed by atoms with E-state index in [-0.39, 0.29) is 12.0 Å². The van der Waals surface area contributed by atoms with Crippen LogP contribution in [0, 0.1) is 5.92 Å². The van der Waals surface area contributed by atoms with Crippen molar-refractivity contribution in [2.45, 2.75) is 20.0 Å². The molecule has 2 aromatic rings. The van der Waals surface area contributed by atoms with Gasteiger partial charge in [0.2, 0.25) is 0 Å². The van der Waals surface area contributed by atoms with Gasteiger partial charge in [0.15, 0.2) is 0 Å². The van der Waals surface area contributed by atoms with E-state index in [2.05, 4.69) is 34.0 Å². The van der Waals surface area contributed by atoms with Gasteiger partial charge in [-0.1, -0.05) is 13.8 Å². The second-order valence-corrected chi connectivity index (χ2v) is 6.49. The molecule has 2 N–H and O–H groups in total. The normalized spacial score (nSPS) is 19.3. The molecule has 1 aromatic carbocycles. The third-order valence-electron chi connectivity index (χ3n) is 4.02. The van der Waals surface area contributed by atoms with Crippen LogP contribution in [0.2, 0.25) is 0 Å². The Kier molecular flexibility index (Phi) is 4.93. The zero-order chi connectivity index (χ0) is 16.2. The second-order valence-electron chi connectivity index (χ2n) is 6.49. The predicted octanol–water partition coefficient (Wildman–Crippen LogP) is 1.65. The summed E-state index contributed by atoms with van der Waals surface area (Å²) in [6.45, 7) is 8.62. The van der Waals surface area contributed by atoms with Gasteiger partial charge in [-0.3, -0.25) is 9.69 Å². The fourth-order valence-corrected chi connectivity index (χ4v) is 2.97. The van der Waals surface area contributed by atoms with E-state index < -0.39 is 0 Å². The molecular formula is C17H24N4O2. The van der Waals surface area contributed by atoms with E-state index in [1.54, 1.807) is 12.4 Å². The number of ether oxygens (including phenoxy) is 1. The lowest BCUT2D eigenvalue weighted by Gasteiger charge is -2.33. The summed E-state index contributed by atoms with van der Waals surface area (Å²) < 4.78 is 5.76. The number of imidazole rings is 1. The minimum Gasteiger partial charge on any atom is -0.374 e. The van der Waals surface area contributed by atoms with Crippen molar-refractivity contribution in [1.29, 1.82) is 0 Å². The number of hydrogen-bond acceptors (Lipinski definition) is 4. The first-order chi connectivity index (χ1) is 11.1. The maximum Gasteiger partial charge on any atom is 0.251 e. The molecule has 1 saturated heterocycles. The SMILES string of the molecule is CC(C)CN1CCO[C@H](CNC(=O)c2ccc3nc[nH]c3c2)C1. The summed E-state index contributed by atoms with van der Waals surface area (Å²) in [5.41, 5.74) is 2.37. The largest absolute Gasteiger partial charge is 0.374 e. The predicted molar refractivity (Wildman–Crippen MR) is 89.4 cm³/mol. The number of aromatic amines is 1. The number of amides is 1. The van der Waals surface area contributed by atoms with Crippen LogP contribution in [0.5, 0.6) is 0 Å². The molecular weight excluding hydrogens is 292 g/mol. The first-order valence-corrected chi connectivity index (χ1v) is 8.17. The fraction of sp³-hybridized carbons (Fsp3) is 0.529. The number of nitrogens with zero attached hydrogens (tertiary/aromatic N) is 2. The molecule has 0 radical (unpaired) electrons. The van der Waals surface area contributed by atoms with Crippen LogP contribution in [-0.4, -0.2) is 59.7 Å². The molecule has 1 aliphatic heterocycles. The number of carbonyl (C=O) groups is 1. The van der Waals surface area contributed by atoms with Crippen LogP contribution in [0.1, 0.15) is 24.2 Å². The highest BCUT2D eigenvalue weighted by Crippen LogP contribution is 2.12. The molecule has 124 valence electrons. The van der Waals surface area contributed by atoms with E-state index in [9.17, 15) is 4.79 Å². The zero-order valence-electron chi connectivity index (χ0n) is 13.7. The lowest BCUT2D eigenvalue weighted by molar-refractivity contribution is -0.0295. The fourth-order valence-electron chi connectivity index (χ4n) is 2.97. The lowest BCUT2D eigenvalue weighted by Crippen LogP contribution is -2.48. The third-order valence-corrected chi connectivity index (χ3v) is 4.02. The number of carbonyl (C=O) groups excluding carboxylic acids is 1. The molecule has 1 amide bonds. The van der Waals surface area contributed by atoms with Crippen molar-refractivity contribution in [2.24, 2.45) is 5.92 Å². The highest BCUT2D eigenvalue weighted by Gasteiger charge is 2.21. The first-order valence-electron chi connectivity index (χ1n) is 8.17. The van der Waals surface area contributed by atoms with E-state index in [1.807, 2.05) is 12.1 Å². The van der Waals surface area contributed by atoms with Crippen LogP contribution in [0.25, 0.3) is 11.0 Å². The van der Waals surface area contributed by atoms with Crippen LogP contribution < -0.4 is 5.32 Å². The number of benzene rings is 1. The number of aromatic nitrogens is 2. The number of hydrogen-bond donors (Lipinski definition) is 2. The molecule has 0 saturated carbocycles. The zero-order valence-corrected chi connectivity index (χ0v) is 13.7. The van der Waals surface area contributed by atoms with Gasteiger partial charge in [0.05, 0.1) is 30.1 Å². The summed E-state index contributed by atoms with van der Waals surface area (Å²) in [6.07, 6.45) is 1.69. The van der Waals surface area contributed by atoms with Crippen LogP contribution in [-0.2, 0) is 4.74 Å². The van der Waals surface area contributed by atoms with E-state index >= 15 is 0 Å². The molecule has 3 rings (SSSR count). The van der Waals surface area contributed by atoms with E-state index in [0.29, 0.717) is 18.0 Å². The summed E-state index contributed by atoms with van der Waals surface area (Å²) in [6, 6.07) is 5.47. The van der Waals surface area contributed by atoms with Gasteiger partial charge >= 0.3 is 0 Å². The molecule has 0 spiro atoms. The Balaban J connectivity index is 1.53. The number of morpholine rings is 1. The summed E-state index contributed by atoms with van der Waals surface area (Å²) >= 11 is 0. The third kappa shape index (κ3) is 4.09. The van der Waals surface area contributed by atoms with Crippen molar-refractivity contribution in [3.05, 3.63) is 30.1 Å². The summed E-state index contributed by atoms with van der Waals surface area (Å²) in [5, 5.41) is 2.97. The topological polar surface area (TPSA) is 70.2 Å². The molecule has 6 heteroatoms. The van der Waals surface area contributed by atoms with Gasteiger partial charge in [0, 0.05) is 31.7 Å². The molecule has 0 bridgehead atoms. The van der Waals surface area contributed by atoms with Gasteiger partial charge in [0.1, 0.15) is 0 Å². The van der Waals surface area contributed by atoms with Gasteiger partial charge < -0.3 is 15.0 Å². The van der Waals surface area contributed by atoms with Crippen LogP contribution in [0.3, 0.4) is 0 Å². The van der Waals surface area contributed by atoms with Crippen molar-refractivity contribution in [3.8, 4) is 0 Å². The number of rotatable bonds is 5. The van der Waals surface area contributed by atoms with Gasteiger partial charge in [-0.25, -0.2) is 4.98 Å². The molecule has 6 nitrogen and oxygen atoms in total. The van der Waals surface area contributed by atoms with Gasteiger partial charge in [-0.05, 0) is 24.1 Å². The average molecular weight is 316 g/mol. The van der Waals surface area contributed by atoms with Crippen molar-refractivity contribution < 1.29 is 9.53 Å². The van der Waals surface area contributed by atoms with Gasteiger partial charge in [-0.15, -0.1) is 0 Å². The van der Waals surface area contributed by atoms with E-state index in [4.69, 9.17) is 4.74 Å². The monoisotopic (exact) mass is 316 g/mol. The standard InChI is InChI=1S/C17H24N4O2/c1-12(2)9-21-5-6-23-14(10-21)8-18-17(22)13-3-4-15-16(7-13)20-11-19-15/h3-4,7,11-12,14H,5-6,8-10H2,1-2H3,(H,18,22)(H,19,20)/t14-/m1/s1. The van der Waals surface area contributed by atoms with Crippen LogP contribution in [0.15, 0.2) is 24.5 Å². The lowest BCUT2D eigenvalue weighted by atomic mass is 10.1. The van der Waals surface area contributed by atoms with Crippen molar-refractivity contribution in [3.63, 3.8) is 0 Å². The van der Waals surface area contributed by atoms with Crippen LogP contribution in [0.4, 0.5) is 0 Å². The Bertz CT molecular complexity index is 667. The first kappa shape index (κ1) is 16.0. The Labute approximate surface area is 136 Å². The van der Waals surface area contributed by atoms with Gasteiger partial charge in [0.25, 0.3) is 5.91 Å². The Morgan fingerprint density at radius 2 is 2.39 bits per heavy atom. The average Bonchev–Trinajstić information content (AvgIpc) is 3.00. The summed E-state index contributed by atoms with van der Waals surface area (Å²) in [7, 11) is 0. The number of H-pyrrole nitrogens is 1. The molecule has 0 aliphatic carbocycles. The Hall–Kier alpha value is -1.92. The minimum absolute atomic E-state index is 0.0577. The molecule has 1 fully saturated rings. The summed E-state index contributed by atoms with van der Waals surface area (Å²) in [5.74, 6) is 0.565. The van der Waals surface area contributed by atoms with Crippen molar-refractivity contribution in [2.75, 3.05) is 32.8 Å². The maximum absolute atomic E-state index is 12.3. The Morgan fingerprint density at radius 1 is 1.52 bits per heavy atom. The number of nitrogens with one attached hydrogen (secondary N) is 2. The minimum atomic E-state index is -0.0777. The number of fused-ring (bicyclic) bond motifs is 1. The molecule has 0 unspecified atom stereocenters. The molecule has 2 heterocycles. The van der Waals surface area contributed by atoms with Crippen molar-refractivity contribution in [1.82, 2.24) is 20.2 Å². The van der Waals surface area contributed by atoms with E-state index in [0.717, 1.165) is 37.3 Å². The highest BCUT2D eigenvalue weighted by molar-refractivity contribution is 5.97. The maximum atomic E-state index is 12.3. The summed E-state index contributed by atoms with van der Waals surface area (Å²) in [4.78, 5) is 21.9. The van der Waals surface area contributed by atoms with Crippen molar-refractivity contribution >= 4 is 16.9 Å². The second kappa shape index (κ2) is 7.10. The van der Waals surface area contributed by atoms with E-state index in [1.165, 1.54) is 0 Å². The van der Waals surface area contributed by atoms with Gasteiger partial charge in [-0.2, -0.15) is 0 Å². The molecule has 1 aromatic heterocycles.